The highest BCUT2D eigenvalue weighted by Gasteiger charge is 2.25. The Bertz CT molecular complexity index is 870. The van der Waals surface area contributed by atoms with Gasteiger partial charge in [0.25, 0.3) is 0 Å². The third-order valence-electron chi connectivity index (χ3n) is 6.99. The summed E-state index contributed by atoms with van der Waals surface area (Å²) in [5.41, 5.74) is 0.545. The van der Waals surface area contributed by atoms with Gasteiger partial charge in [-0.15, -0.1) is 0 Å². The number of unbranched alkanes of at least 4 members (excludes halogenated alkanes) is 14. The van der Waals surface area contributed by atoms with Crippen LogP contribution in [0.1, 0.15) is 128 Å². The molecule has 0 saturated heterocycles. The standard InChI is InChI=1S/C31H48F5N3/c1-3-4-5-6-14-17-20-25(39-37)23-38-21-18-15-12-10-8-7-9-11-13-16-19-24(2)22-26-27(32)29(34)31(36)30(35)28(26)33/h23H,2-22,37H2,1H3. The molecular weight excluding hydrogens is 509 g/mol. The Hall–Kier alpha value is -2.25. The minimum absolute atomic E-state index is 0.349. The molecule has 1 rings (SSSR count). The van der Waals surface area contributed by atoms with Crippen molar-refractivity contribution in [3.05, 3.63) is 46.8 Å². The normalized spacial score (nSPS) is 12.1. The second-order valence-corrected chi connectivity index (χ2v) is 10.4. The summed E-state index contributed by atoms with van der Waals surface area (Å²) in [5.74, 6) is -4.00. The molecule has 0 aliphatic rings. The van der Waals surface area contributed by atoms with E-state index in [0.29, 0.717) is 12.0 Å². The molecule has 0 aliphatic heterocycles. The van der Waals surface area contributed by atoms with Crippen LogP contribution in [0.3, 0.4) is 0 Å². The van der Waals surface area contributed by atoms with Crippen molar-refractivity contribution >= 4 is 11.9 Å². The predicted octanol–water partition coefficient (Wildman–Crippen LogP) is 9.91. The molecule has 0 saturated carbocycles. The third-order valence-corrected chi connectivity index (χ3v) is 6.99. The highest BCUT2D eigenvalue weighted by atomic mass is 19.2. The van der Waals surface area contributed by atoms with E-state index in [1.54, 1.807) is 0 Å². The maximum atomic E-state index is 13.8. The lowest BCUT2D eigenvalue weighted by molar-refractivity contribution is 0.371. The van der Waals surface area contributed by atoms with Gasteiger partial charge < -0.3 is 5.84 Å². The van der Waals surface area contributed by atoms with E-state index in [4.69, 9.17) is 5.84 Å². The highest BCUT2D eigenvalue weighted by molar-refractivity contribution is 6.30. The van der Waals surface area contributed by atoms with E-state index in [1.165, 1.54) is 57.8 Å². The lowest BCUT2D eigenvalue weighted by Gasteiger charge is -2.10. The summed E-state index contributed by atoms with van der Waals surface area (Å²) in [5, 5.41) is 3.86. The van der Waals surface area contributed by atoms with Crippen molar-refractivity contribution in [1.29, 1.82) is 0 Å². The van der Waals surface area contributed by atoms with Gasteiger partial charge in [-0.2, -0.15) is 5.10 Å². The van der Waals surface area contributed by atoms with Crippen molar-refractivity contribution in [3.63, 3.8) is 0 Å². The Morgan fingerprint density at radius 2 is 1.08 bits per heavy atom. The number of nitrogens with zero attached hydrogens (tertiary/aromatic N) is 2. The zero-order valence-electron chi connectivity index (χ0n) is 23.8. The molecule has 0 unspecified atom stereocenters. The lowest BCUT2D eigenvalue weighted by atomic mass is 9.99. The van der Waals surface area contributed by atoms with Gasteiger partial charge in [-0.1, -0.05) is 103 Å². The van der Waals surface area contributed by atoms with Gasteiger partial charge in [0, 0.05) is 18.3 Å². The number of rotatable bonds is 23. The molecule has 0 amide bonds. The molecule has 8 heteroatoms. The molecule has 0 radical (unpaired) electrons. The maximum absolute atomic E-state index is 13.8. The molecule has 2 N–H and O–H groups in total. The third kappa shape index (κ3) is 14.6. The Balaban J connectivity index is 2.01. The van der Waals surface area contributed by atoms with Crippen molar-refractivity contribution in [3.8, 4) is 0 Å². The second-order valence-electron chi connectivity index (χ2n) is 10.4. The molecule has 0 aromatic heterocycles. The van der Waals surface area contributed by atoms with Crippen molar-refractivity contribution < 1.29 is 22.0 Å². The Morgan fingerprint density at radius 1 is 0.641 bits per heavy atom. The van der Waals surface area contributed by atoms with Crippen LogP contribution in [0.5, 0.6) is 0 Å². The zero-order valence-corrected chi connectivity index (χ0v) is 23.8. The van der Waals surface area contributed by atoms with Gasteiger partial charge in [0.1, 0.15) is 0 Å². The van der Waals surface area contributed by atoms with Gasteiger partial charge in [0.2, 0.25) is 5.82 Å². The number of hydrogen-bond acceptors (Lipinski definition) is 3. The molecule has 222 valence electrons. The molecule has 0 atom stereocenters. The van der Waals surface area contributed by atoms with Crippen LogP contribution in [0, 0.1) is 29.1 Å². The van der Waals surface area contributed by atoms with Crippen LogP contribution in [-0.4, -0.2) is 18.5 Å². The molecule has 0 fully saturated rings. The predicted molar refractivity (Wildman–Crippen MR) is 153 cm³/mol. The van der Waals surface area contributed by atoms with E-state index in [2.05, 4.69) is 23.6 Å². The van der Waals surface area contributed by atoms with Crippen LogP contribution in [0.2, 0.25) is 0 Å². The maximum Gasteiger partial charge on any atom is 0.200 e. The number of allylic oxidation sites excluding steroid dienone is 1. The molecular formula is C31H48F5N3. The first-order chi connectivity index (χ1) is 18.8. The van der Waals surface area contributed by atoms with Gasteiger partial charge in [-0.05, 0) is 38.5 Å². The summed E-state index contributed by atoms with van der Waals surface area (Å²) in [7, 11) is 0. The first kappa shape index (κ1) is 34.8. The fourth-order valence-corrected chi connectivity index (χ4v) is 4.56. The van der Waals surface area contributed by atoms with Crippen LogP contribution in [0.4, 0.5) is 22.0 Å². The fraction of sp³-hybridized carbons (Fsp3) is 0.677. The minimum Gasteiger partial charge on any atom is -0.323 e. The van der Waals surface area contributed by atoms with Crippen molar-refractivity contribution in [2.45, 2.75) is 129 Å². The van der Waals surface area contributed by atoms with Crippen LogP contribution < -0.4 is 5.84 Å². The summed E-state index contributed by atoms with van der Waals surface area (Å²) in [4.78, 5) is 4.47. The number of hydrogen-bond donors (Lipinski definition) is 1. The second kappa shape index (κ2) is 21.6. The van der Waals surface area contributed by atoms with Gasteiger partial charge in [0.15, 0.2) is 23.3 Å². The first-order valence-electron chi connectivity index (χ1n) is 14.8. The largest absolute Gasteiger partial charge is 0.323 e. The van der Waals surface area contributed by atoms with Crippen molar-refractivity contribution in [2.75, 3.05) is 6.54 Å². The molecule has 0 spiro atoms. The topological polar surface area (TPSA) is 50.7 Å². The summed E-state index contributed by atoms with van der Waals surface area (Å²) >= 11 is 0. The molecule has 0 heterocycles. The van der Waals surface area contributed by atoms with E-state index in [-0.39, 0.29) is 6.42 Å². The Morgan fingerprint density at radius 3 is 1.59 bits per heavy atom. The molecule has 1 aromatic rings. The van der Waals surface area contributed by atoms with Gasteiger partial charge >= 0.3 is 0 Å². The Labute approximate surface area is 232 Å². The highest BCUT2D eigenvalue weighted by Crippen LogP contribution is 2.26. The monoisotopic (exact) mass is 557 g/mol. The van der Waals surface area contributed by atoms with Gasteiger partial charge in [-0.3, -0.25) is 4.99 Å². The van der Waals surface area contributed by atoms with Crippen LogP contribution in [-0.2, 0) is 6.42 Å². The summed E-state index contributed by atoms with van der Waals surface area (Å²) in [6, 6.07) is 0. The van der Waals surface area contributed by atoms with E-state index in [1.807, 2.05) is 6.21 Å². The van der Waals surface area contributed by atoms with Crippen LogP contribution in [0.15, 0.2) is 22.2 Å². The Kier molecular flexibility index (Phi) is 19.2. The summed E-state index contributed by atoms with van der Waals surface area (Å²) in [6.45, 7) is 6.78. The number of aliphatic imine (C=N–C) groups is 1. The summed E-state index contributed by atoms with van der Waals surface area (Å²) < 4.78 is 67.4. The fourth-order valence-electron chi connectivity index (χ4n) is 4.56. The number of nitrogens with two attached hydrogens (primary N) is 1. The molecule has 0 aliphatic carbocycles. The molecule has 1 aromatic carbocycles. The quantitative estimate of drug-likeness (QED) is 0.0209. The van der Waals surface area contributed by atoms with Crippen LogP contribution >= 0.6 is 0 Å². The van der Waals surface area contributed by atoms with Gasteiger partial charge in [0.05, 0.1) is 5.71 Å². The summed E-state index contributed by atoms with van der Waals surface area (Å²) in [6.07, 6.45) is 21.3. The van der Waals surface area contributed by atoms with Crippen molar-refractivity contribution in [1.82, 2.24) is 0 Å². The SMILES string of the molecule is C=C(CCCCCCCCCCCCN=CC(CCCCCCCC)=NN)Cc1c(F)c(F)c(F)c(F)c1F. The number of hydrazone groups is 1. The van der Waals surface area contributed by atoms with Crippen LogP contribution in [0.25, 0.3) is 0 Å². The van der Waals surface area contributed by atoms with E-state index >= 15 is 0 Å². The number of halogens is 5. The van der Waals surface area contributed by atoms with Gasteiger partial charge in [-0.25, -0.2) is 22.0 Å². The molecule has 39 heavy (non-hydrogen) atoms. The van der Waals surface area contributed by atoms with Crippen molar-refractivity contribution in [2.24, 2.45) is 15.9 Å². The first-order valence-corrected chi connectivity index (χ1v) is 14.8. The molecule has 0 bridgehead atoms. The average molecular weight is 558 g/mol. The van der Waals surface area contributed by atoms with E-state index < -0.39 is 34.6 Å². The lowest BCUT2D eigenvalue weighted by Crippen LogP contribution is -2.08. The number of benzene rings is 1. The zero-order chi connectivity index (χ0) is 28.9. The molecule has 3 nitrogen and oxygen atoms in total. The smallest absolute Gasteiger partial charge is 0.200 e. The average Bonchev–Trinajstić information content (AvgIpc) is 2.93. The minimum atomic E-state index is -2.13. The van der Waals surface area contributed by atoms with E-state index in [0.717, 1.165) is 63.6 Å². The van der Waals surface area contributed by atoms with E-state index in [9.17, 15) is 22.0 Å².